The van der Waals surface area contributed by atoms with Crippen LogP contribution < -0.4 is 5.32 Å². The molecule has 0 aliphatic rings. The zero-order valence-corrected chi connectivity index (χ0v) is 8.12. The van der Waals surface area contributed by atoms with E-state index in [-0.39, 0.29) is 18.4 Å². The van der Waals surface area contributed by atoms with Gasteiger partial charge in [0.25, 0.3) is 0 Å². The Kier molecular flexibility index (Phi) is 5.88. The molecule has 0 spiro atoms. The molecule has 5 nitrogen and oxygen atoms in total. The largest absolute Gasteiger partial charge is 0.469 e. The minimum atomic E-state index is -0.441. The maximum atomic E-state index is 11.0. The summed E-state index contributed by atoms with van der Waals surface area (Å²) in [5.41, 5.74) is 0. The van der Waals surface area contributed by atoms with Crippen LogP contribution >= 0.6 is 0 Å². The number of esters is 2. The first-order valence-electron chi connectivity index (χ1n) is 3.97. The summed E-state index contributed by atoms with van der Waals surface area (Å²) in [6.07, 6.45) is 0.590. The molecule has 0 aromatic rings. The monoisotopic (exact) mass is 189 g/mol. The lowest BCUT2D eigenvalue weighted by atomic mass is 10.1. The molecular weight excluding hydrogens is 174 g/mol. The lowest BCUT2D eigenvalue weighted by Gasteiger charge is -2.11. The van der Waals surface area contributed by atoms with Crippen LogP contribution in [0.25, 0.3) is 0 Å². The van der Waals surface area contributed by atoms with E-state index in [1.807, 2.05) is 0 Å². The van der Waals surface area contributed by atoms with Crippen LogP contribution in [0.3, 0.4) is 0 Å². The van der Waals surface area contributed by atoms with Gasteiger partial charge in [0.1, 0.15) is 6.04 Å². The Morgan fingerprint density at radius 1 is 1.31 bits per heavy atom. The molecule has 0 aromatic carbocycles. The highest BCUT2D eigenvalue weighted by Gasteiger charge is 2.17. The minimum Gasteiger partial charge on any atom is -0.469 e. The molecule has 0 bridgehead atoms. The van der Waals surface area contributed by atoms with Crippen LogP contribution in [0, 0.1) is 0 Å². The summed E-state index contributed by atoms with van der Waals surface area (Å²) in [4.78, 5) is 21.7. The molecule has 0 heterocycles. The van der Waals surface area contributed by atoms with Crippen LogP contribution in [0.4, 0.5) is 0 Å². The predicted octanol–water partition coefficient (Wildman–Crippen LogP) is -0.299. The summed E-state index contributed by atoms with van der Waals surface area (Å²) < 4.78 is 8.96. The van der Waals surface area contributed by atoms with Crippen LogP contribution in [-0.2, 0) is 19.1 Å². The van der Waals surface area contributed by atoms with Crippen molar-refractivity contribution in [2.24, 2.45) is 0 Å². The Morgan fingerprint density at radius 3 is 2.31 bits per heavy atom. The summed E-state index contributed by atoms with van der Waals surface area (Å²) in [6, 6.07) is -0.441. The molecule has 0 saturated heterocycles. The van der Waals surface area contributed by atoms with Gasteiger partial charge in [-0.05, 0) is 13.5 Å². The van der Waals surface area contributed by atoms with Crippen molar-refractivity contribution in [3.63, 3.8) is 0 Å². The van der Waals surface area contributed by atoms with Crippen LogP contribution in [0.1, 0.15) is 12.8 Å². The fourth-order valence-electron chi connectivity index (χ4n) is 0.887. The zero-order chi connectivity index (χ0) is 10.3. The van der Waals surface area contributed by atoms with Crippen molar-refractivity contribution in [1.29, 1.82) is 0 Å². The van der Waals surface area contributed by atoms with E-state index >= 15 is 0 Å². The maximum absolute atomic E-state index is 11.0. The molecule has 0 rings (SSSR count). The number of carbonyl (C=O) groups excluding carboxylic acids is 2. The van der Waals surface area contributed by atoms with E-state index in [1.165, 1.54) is 14.2 Å². The minimum absolute atomic E-state index is 0.205. The van der Waals surface area contributed by atoms with Crippen molar-refractivity contribution < 1.29 is 19.1 Å². The standard InChI is InChI=1S/C8H15NO4/c1-9-6(8(11)13-3)4-5-7(10)12-2/h6,9H,4-5H2,1-3H3/t6-/m1/s1. The first-order chi connectivity index (χ1) is 6.15. The second-order valence-electron chi connectivity index (χ2n) is 2.48. The number of rotatable bonds is 5. The highest BCUT2D eigenvalue weighted by atomic mass is 16.5. The number of carbonyl (C=O) groups is 2. The van der Waals surface area contributed by atoms with E-state index in [4.69, 9.17) is 0 Å². The highest BCUT2D eigenvalue weighted by Crippen LogP contribution is 2.00. The molecule has 0 unspecified atom stereocenters. The summed E-state index contributed by atoms with van der Waals surface area (Å²) in [5, 5.41) is 2.75. The highest BCUT2D eigenvalue weighted by molar-refractivity contribution is 5.77. The predicted molar refractivity (Wildman–Crippen MR) is 46.1 cm³/mol. The fraction of sp³-hybridized carbons (Fsp3) is 0.750. The van der Waals surface area contributed by atoms with Crippen molar-refractivity contribution >= 4 is 11.9 Å². The Hall–Kier alpha value is -1.10. The van der Waals surface area contributed by atoms with E-state index in [0.717, 1.165) is 0 Å². The average molecular weight is 189 g/mol. The van der Waals surface area contributed by atoms with Crippen molar-refractivity contribution in [2.75, 3.05) is 21.3 Å². The number of likely N-dealkylation sites (N-methyl/N-ethyl adjacent to an activating group) is 1. The van der Waals surface area contributed by atoms with Crippen LogP contribution in [0.5, 0.6) is 0 Å². The van der Waals surface area contributed by atoms with Crippen LogP contribution in [0.15, 0.2) is 0 Å². The van der Waals surface area contributed by atoms with Gasteiger partial charge in [-0.25, -0.2) is 0 Å². The van der Waals surface area contributed by atoms with Crippen molar-refractivity contribution in [1.82, 2.24) is 5.32 Å². The molecule has 1 atom stereocenters. The second-order valence-corrected chi connectivity index (χ2v) is 2.48. The quantitative estimate of drug-likeness (QED) is 0.601. The number of methoxy groups -OCH3 is 2. The summed E-state index contributed by atoms with van der Waals surface area (Å²) in [5.74, 6) is -0.699. The molecule has 76 valence electrons. The maximum Gasteiger partial charge on any atom is 0.322 e. The van der Waals surface area contributed by atoms with Gasteiger partial charge in [-0.3, -0.25) is 9.59 Å². The molecule has 0 aliphatic carbocycles. The summed E-state index contributed by atoms with van der Waals surface area (Å²) in [7, 11) is 4.26. The first-order valence-corrected chi connectivity index (χ1v) is 3.97. The third-order valence-corrected chi connectivity index (χ3v) is 1.70. The topological polar surface area (TPSA) is 64.6 Å². The van der Waals surface area contributed by atoms with Gasteiger partial charge in [0.2, 0.25) is 0 Å². The molecule has 13 heavy (non-hydrogen) atoms. The lowest BCUT2D eigenvalue weighted by Crippen LogP contribution is -2.35. The van der Waals surface area contributed by atoms with Gasteiger partial charge in [-0.15, -0.1) is 0 Å². The van der Waals surface area contributed by atoms with E-state index in [9.17, 15) is 9.59 Å². The Labute approximate surface area is 77.4 Å². The molecular formula is C8H15NO4. The van der Waals surface area contributed by atoms with Gasteiger partial charge in [-0.1, -0.05) is 0 Å². The average Bonchev–Trinajstić information content (AvgIpc) is 2.17. The van der Waals surface area contributed by atoms with Crippen LogP contribution in [0.2, 0.25) is 0 Å². The molecule has 0 aromatic heterocycles. The van der Waals surface area contributed by atoms with E-state index in [0.29, 0.717) is 6.42 Å². The van der Waals surface area contributed by atoms with E-state index in [2.05, 4.69) is 14.8 Å². The summed E-state index contributed by atoms with van der Waals surface area (Å²) in [6.45, 7) is 0. The molecule has 0 amide bonds. The Bertz CT molecular complexity index is 181. The van der Waals surface area contributed by atoms with Crippen molar-refractivity contribution in [3.05, 3.63) is 0 Å². The third-order valence-electron chi connectivity index (χ3n) is 1.70. The first kappa shape index (κ1) is 11.9. The molecule has 1 N–H and O–H groups in total. The Balaban J connectivity index is 3.85. The van der Waals surface area contributed by atoms with Gasteiger partial charge in [0.15, 0.2) is 0 Å². The van der Waals surface area contributed by atoms with Gasteiger partial charge >= 0.3 is 11.9 Å². The number of nitrogens with one attached hydrogen (secondary N) is 1. The van der Waals surface area contributed by atoms with E-state index in [1.54, 1.807) is 7.05 Å². The van der Waals surface area contributed by atoms with Gasteiger partial charge in [0.05, 0.1) is 14.2 Å². The normalized spacial score (nSPS) is 11.9. The molecule has 0 aliphatic heterocycles. The van der Waals surface area contributed by atoms with Crippen molar-refractivity contribution in [2.45, 2.75) is 18.9 Å². The lowest BCUT2D eigenvalue weighted by molar-refractivity contribution is -0.144. The molecule has 5 heteroatoms. The number of hydrogen-bond acceptors (Lipinski definition) is 5. The van der Waals surface area contributed by atoms with Gasteiger partial charge in [-0.2, -0.15) is 0 Å². The zero-order valence-electron chi connectivity index (χ0n) is 8.12. The molecule has 0 fully saturated rings. The van der Waals surface area contributed by atoms with Crippen molar-refractivity contribution in [3.8, 4) is 0 Å². The molecule has 0 radical (unpaired) electrons. The number of ether oxygens (including phenoxy) is 2. The SMILES string of the molecule is CN[C@H](CCC(=O)OC)C(=O)OC. The second kappa shape index (κ2) is 6.42. The van der Waals surface area contributed by atoms with Gasteiger partial charge in [0, 0.05) is 6.42 Å². The van der Waals surface area contributed by atoms with Crippen LogP contribution in [-0.4, -0.2) is 39.2 Å². The fourth-order valence-corrected chi connectivity index (χ4v) is 0.887. The third kappa shape index (κ3) is 4.47. The van der Waals surface area contributed by atoms with Gasteiger partial charge < -0.3 is 14.8 Å². The number of hydrogen-bond donors (Lipinski definition) is 1. The molecule has 0 saturated carbocycles. The summed E-state index contributed by atoms with van der Waals surface area (Å²) >= 11 is 0. The smallest absolute Gasteiger partial charge is 0.322 e. The Morgan fingerprint density at radius 2 is 1.92 bits per heavy atom. The van der Waals surface area contributed by atoms with E-state index < -0.39 is 6.04 Å².